The lowest BCUT2D eigenvalue weighted by Gasteiger charge is -2.08. The van der Waals surface area contributed by atoms with Gasteiger partial charge in [0.25, 0.3) is 11.5 Å². The topological polar surface area (TPSA) is 110 Å². The molecule has 0 bridgehead atoms. The number of hydrogen-bond donors (Lipinski definition) is 2. The van der Waals surface area contributed by atoms with Gasteiger partial charge in [-0.3, -0.25) is 19.1 Å². The zero-order valence-electron chi connectivity index (χ0n) is 13.4. The lowest BCUT2D eigenvalue weighted by molar-refractivity contribution is 0.102. The van der Waals surface area contributed by atoms with Gasteiger partial charge in [-0.25, -0.2) is 9.78 Å². The summed E-state index contributed by atoms with van der Waals surface area (Å²) in [5, 5.41) is 2.55. The summed E-state index contributed by atoms with van der Waals surface area (Å²) in [6.45, 7) is 1.76. The molecular formula is C17H15N5O3. The number of anilines is 1. The molecule has 2 N–H and O–H groups in total. The van der Waals surface area contributed by atoms with E-state index in [0.717, 1.165) is 16.5 Å². The molecule has 1 amide bonds. The molecule has 8 heteroatoms. The van der Waals surface area contributed by atoms with Crippen molar-refractivity contribution >= 4 is 11.7 Å². The maximum atomic E-state index is 12.5. The van der Waals surface area contributed by atoms with Gasteiger partial charge in [0.15, 0.2) is 0 Å². The molecule has 3 rings (SSSR count). The molecule has 3 aromatic heterocycles. The summed E-state index contributed by atoms with van der Waals surface area (Å²) in [7, 11) is 0. The lowest BCUT2D eigenvalue weighted by Crippen LogP contribution is -2.39. The number of carbonyl (C=O) groups excluding carboxylic acids is 1. The molecule has 25 heavy (non-hydrogen) atoms. The first-order valence-electron chi connectivity index (χ1n) is 7.52. The van der Waals surface area contributed by atoms with Crippen LogP contribution in [0, 0.1) is 6.92 Å². The molecule has 0 saturated carbocycles. The van der Waals surface area contributed by atoms with Gasteiger partial charge in [-0.1, -0.05) is 12.1 Å². The molecule has 0 fully saturated rings. The molecule has 126 valence electrons. The maximum absolute atomic E-state index is 12.5. The van der Waals surface area contributed by atoms with Crippen molar-refractivity contribution in [1.29, 1.82) is 0 Å². The molecule has 0 unspecified atom stereocenters. The zero-order chi connectivity index (χ0) is 17.8. The van der Waals surface area contributed by atoms with Crippen molar-refractivity contribution in [1.82, 2.24) is 19.5 Å². The Kier molecular flexibility index (Phi) is 4.51. The maximum Gasteiger partial charge on any atom is 0.328 e. The highest BCUT2D eigenvalue weighted by Crippen LogP contribution is 2.05. The first-order valence-corrected chi connectivity index (χ1v) is 7.52. The second-order valence-electron chi connectivity index (χ2n) is 5.34. The first-order chi connectivity index (χ1) is 12.0. The van der Waals surface area contributed by atoms with E-state index < -0.39 is 17.2 Å². The number of nitrogens with zero attached hydrogens (tertiary/aromatic N) is 3. The van der Waals surface area contributed by atoms with Crippen LogP contribution in [0.25, 0.3) is 0 Å². The van der Waals surface area contributed by atoms with Gasteiger partial charge in [0.2, 0.25) is 0 Å². The van der Waals surface area contributed by atoms with E-state index in [2.05, 4.69) is 20.3 Å². The Morgan fingerprint density at radius 2 is 2.04 bits per heavy atom. The van der Waals surface area contributed by atoms with Crippen LogP contribution in [-0.2, 0) is 6.54 Å². The number of aryl methyl sites for hydroxylation is 1. The van der Waals surface area contributed by atoms with E-state index in [0.29, 0.717) is 11.5 Å². The van der Waals surface area contributed by atoms with Crippen LogP contribution in [0.2, 0.25) is 0 Å². The van der Waals surface area contributed by atoms with Crippen molar-refractivity contribution in [3.63, 3.8) is 0 Å². The molecular weight excluding hydrogens is 322 g/mol. The lowest BCUT2D eigenvalue weighted by atomic mass is 10.3. The Hall–Kier alpha value is -3.55. The average molecular weight is 337 g/mol. The van der Waals surface area contributed by atoms with E-state index in [1.54, 1.807) is 49.5 Å². The van der Waals surface area contributed by atoms with Crippen LogP contribution in [0.3, 0.4) is 0 Å². The van der Waals surface area contributed by atoms with Crippen LogP contribution in [-0.4, -0.2) is 25.4 Å². The Morgan fingerprint density at radius 1 is 1.20 bits per heavy atom. The molecule has 0 atom stereocenters. The average Bonchev–Trinajstić information content (AvgIpc) is 2.59. The van der Waals surface area contributed by atoms with Gasteiger partial charge in [-0.05, 0) is 31.2 Å². The summed E-state index contributed by atoms with van der Waals surface area (Å²) in [6.07, 6.45) is 2.67. The third-order valence-electron chi connectivity index (χ3n) is 3.48. The third-order valence-corrected chi connectivity index (χ3v) is 3.48. The Labute approximate surface area is 142 Å². The molecule has 0 aliphatic carbocycles. The van der Waals surface area contributed by atoms with Gasteiger partial charge in [-0.2, -0.15) is 0 Å². The van der Waals surface area contributed by atoms with Crippen LogP contribution >= 0.6 is 0 Å². The van der Waals surface area contributed by atoms with Crippen molar-refractivity contribution in [2.24, 2.45) is 0 Å². The van der Waals surface area contributed by atoms with Gasteiger partial charge in [0.05, 0.1) is 12.2 Å². The van der Waals surface area contributed by atoms with Gasteiger partial charge < -0.3 is 10.3 Å². The smallest absolute Gasteiger partial charge is 0.313 e. The van der Waals surface area contributed by atoms with E-state index in [4.69, 9.17) is 0 Å². The predicted molar refractivity (Wildman–Crippen MR) is 91.6 cm³/mol. The fraction of sp³-hybridized carbons (Fsp3) is 0.118. The largest absolute Gasteiger partial charge is 0.328 e. The number of pyridine rings is 2. The van der Waals surface area contributed by atoms with E-state index >= 15 is 0 Å². The summed E-state index contributed by atoms with van der Waals surface area (Å²) in [4.78, 5) is 47.5. The SMILES string of the molecule is Cc1cccc(NC(=O)c2c[nH]c(=O)n(Cc3ccccn3)c2=O)n1. The van der Waals surface area contributed by atoms with Gasteiger partial charge in [0, 0.05) is 18.1 Å². The molecule has 8 nitrogen and oxygen atoms in total. The molecule has 3 aromatic rings. The Balaban J connectivity index is 1.92. The standard InChI is InChI=1S/C17H15N5O3/c1-11-5-4-7-14(20-11)21-15(23)13-9-19-17(25)22(16(13)24)10-12-6-2-3-8-18-12/h2-9H,10H2,1H3,(H,19,25)(H,20,21,23). The van der Waals surface area contributed by atoms with Gasteiger partial charge in [-0.15, -0.1) is 0 Å². The van der Waals surface area contributed by atoms with Crippen LogP contribution in [0.5, 0.6) is 0 Å². The normalized spacial score (nSPS) is 10.4. The molecule has 0 aliphatic heterocycles. The quantitative estimate of drug-likeness (QED) is 0.736. The van der Waals surface area contributed by atoms with Gasteiger partial charge in [0.1, 0.15) is 11.4 Å². The number of aromatic nitrogens is 4. The zero-order valence-corrected chi connectivity index (χ0v) is 13.4. The van der Waals surface area contributed by atoms with Gasteiger partial charge >= 0.3 is 5.69 Å². The van der Waals surface area contributed by atoms with Crippen molar-refractivity contribution in [2.45, 2.75) is 13.5 Å². The highest BCUT2D eigenvalue weighted by molar-refractivity contribution is 6.03. The minimum atomic E-state index is -0.695. The van der Waals surface area contributed by atoms with E-state index in [1.165, 1.54) is 0 Å². The summed E-state index contributed by atoms with van der Waals surface area (Å²) in [5.74, 6) is -0.319. The highest BCUT2D eigenvalue weighted by atomic mass is 16.2. The Bertz CT molecular complexity index is 1020. The molecule has 0 aromatic carbocycles. The number of aromatic amines is 1. The number of amides is 1. The molecule has 0 aliphatic rings. The fourth-order valence-corrected chi connectivity index (χ4v) is 2.27. The van der Waals surface area contributed by atoms with Crippen molar-refractivity contribution < 1.29 is 4.79 Å². The second kappa shape index (κ2) is 6.91. The number of rotatable bonds is 4. The number of nitrogens with one attached hydrogen (secondary N) is 2. The minimum absolute atomic E-state index is 0.0289. The van der Waals surface area contributed by atoms with E-state index in [-0.39, 0.29) is 12.1 Å². The fourth-order valence-electron chi connectivity index (χ4n) is 2.27. The molecule has 3 heterocycles. The van der Waals surface area contributed by atoms with E-state index in [1.807, 2.05) is 0 Å². The van der Waals surface area contributed by atoms with Crippen LogP contribution in [0.1, 0.15) is 21.7 Å². The van der Waals surface area contributed by atoms with Crippen molar-refractivity contribution in [3.8, 4) is 0 Å². The predicted octanol–water partition coefficient (Wildman–Crippen LogP) is 0.936. The molecule has 0 spiro atoms. The number of H-pyrrole nitrogens is 1. The van der Waals surface area contributed by atoms with E-state index in [9.17, 15) is 14.4 Å². The number of hydrogen-bond acceptors (Lipinski definition) is 5. The van der Waals surface area contributed by atoms with Crippen molar-refractivity contribution in [2.75, 3.05) is 5.32 Å². The van der Waals surface area contributed by atoms with Crippen LogP contribution in [0.15, 0.2) is 58.4 Å². The number of carbonyl (C=O) groups is 1. The second-order valence-corrected chi connectivity index (χ2v) is 5.34. The highest BCUT2D eigenvalue weighted by Gasteiger charge is 2.16. The van der Waals surface area contributed by atoms with Crippen LogP contribution < -0.4 is 16.6 Å². The van der Waals surface area contributed by atoms with Crippen molar-refractivity contribution in [3.05, 3.63) is 86.6 Å². The summed E-state index contributed by atoms with van der Waals surface area (Å²) < 4.78 is 0.931. The minimum Gasteiger partial charge on any atom is -0.313 e. The summed E-state index contributed by atoms with van der Waals surface area (Å²) in [6, 6.07) is 10.3. The Morgan fingerprint density at radius 3 is 2.76 bits per heavy atom. The molecule has 0 saturated heterocycles. The first kappa shape index (κ1) is 16.3. The summed E-state index contributed by atoms with van der Waals surface area (Å²) in [5.41, 5.74) is -0.223. The molecule has 0 radical (unpaired) electrons. The monoisotopic (exact) mass is 337 g/mol. The van der Waals surface area contributed by atoms with Crippen LogP contribution in [0.4, 0.5) is 5.82 Å². The summed E-state index contributed by atoms with van der Waals surface area (Å²) >= 11 is 0. The third kappa shape index (κ3) is 3.69.